The Morgan fingerprint density at radius 3 is 2.48 bits per heavy atom. The Labute approximate surface area is 169 Å². The van der Waals surface area contributed by atoms with Crippen molar-refractivity contribution in [2.24, 2.45) is 5.41 Å². The maximum atomic E-state index is 12.7. The van der Waals surface area contributed by atoms with E-state index in [1.807, 2.05) is 24.4 Å². The van der Waals surface area contributed by atoms with Crippen molar-refractivity contribution < 1.29 is 4.39 Å². The van der Waals surface area contributed by atoms with Gasteiger partial charge in [-0.15, -0.1) is 0 Å². The molecule has 150 valence electrons. The van der Waals surface area contributed by atoms with E-state index < -0.39 is 0 Å². The minimum absolute atomic E-state index is 0.249. The Kier molecular flexibility index (Phi) is 4.83. The SMILES string of the molecule is FCCN1CCC2(CCN(c3nc(-c4ccncc4)nc4cnccc34)CC2)C1. The summed E-state index contributed by atoms with van der Waals surface area (Å²) in [6.07, 6.45) is 10.6. The van der Waals surface area contributed by atoms with Crippen LogP contribution in [0, 0.1) is 5.41 Å². The number of fused-ring (bicyclic) bond motifs is 1. The standard InChI is InChI=1S/C22H25FN6/c23-7-14-28-11-4-22(16-28)5-12-29(13-6-22)21-18-3-10-25-15-19(18)26-20(27-21)17-1-8-24-9-2-17/h1-3,8-10,15H,4-7,11-14,16H2. The molecule has 3 aromatic rings. The highest BCUT2D eigenvalue weighted by molar-refractivity contribution is 5.90. The van der Waals surface area contributed by atoms with Gasteiger partial charge in [-0.2, -0.15) is 0 Å². The average Bonchev–Trinajstić information content (AvgIpc) is 3.16. The van der Waals surface area contributed by atoms with Crippen LogP contribution >= 0.6 is 0 Å². The van der Waals surface area contributed by atoms with Crippen LogP contribution in [-0.2, 0) is 0 Å². The second kappa shape index (κ2) is 7.63. The van der Waals surface area contributed by atoms with E-state index in [4.69, 9.17) is 9.97 Å². The van der Waals surface area contributed by atoms with Crippen molar-refractivity contribution >= 4 is 16.7 Å². The second-order valence-corrected chi connectivity index (χ2v) is 8.20. The van der Waals surface area contributed by atoms with Gasteiger partial charge in [0, 0.05) is 55.7 Å². The first-order chi connectivity index (χ1) is 14.3. The third-order valence-electron chi connectivity index (χ3n) is 6.46. The van der Waals surface area contributed by atoms with Crippen LogP contribution in [0.5, 0.6) is 0 Å². The molecule has 5 heterocycles. The van der Waals surface area contributed by atoms with Gasteiger partial charge in [0.25, 0.3) is 0 Å². The lowest BCUT2D eigenvalue weighted by Crippen LogP contribution is -2.42. The van der Waals surface area contributed by atoms with Gasteiger partial charge in [-0.05, 0) is 49.4 Å². The predicted molar refractivity (Wildman–Crippen MR) is 111 cm³/mol. The Morgan fingerprint density at radius 1 is 0.931 bits per heavy atom. The molecule has 2 fully saturated rings. The van der Waals surface area contributed by atoms with Crippen molar-refractivity contribution in [1.82, 2.24) is 24.8 Å². The predicted octanol–water partition coefficient (Wildman–Crippen LogP) is 3.35. The largest absolute Gasteiger partial charge is 0.356 e. The molecule has 2 aliphatic heterocycles. The van der Waals surface area contributed by atoms with Gasteiger partial charge in [0.05, 0.1) is 11.7 Å². The van der Waals surface area contributed by atoms with E-state index in [-0.39, 0.29) is 6.67 Å². The van der Waals surface area contributed by atoms with Crippen LogP contribution in [0.2, 0.25) is 0 Å². The van der Waals surface area contributed by atoms with Gasteiger partial charge in [-0.25, -0.2) is 14.4 Å². The molecule has 3 aromatic heterocycles. The molecule has 29 heavy (non-hydrogen) atoms. The number of anilines is 1. The number of rotatable bonds is 4. The zero-order chi connectivity index (χ0) is 19.7. The molecule has 5 rings (SSSR count). The molecule has 0 N–H and O–H groups in total. The van der Waals surface area contributed by atoms with E-state index in [0.717, 1.165) is 61.3 Å². The zero-order valence-corrected chi connectivity index (χ0v) is 16.5. The summed E-state index contributed by atoms with van der Waals surface area (Å²) in [5.74, 6) is 1.69. The molecule has 6 nitrogen and oxygen atoms in total. The summed E-state index contributed by atoms with van der Waals surface area (Å²) in [6, 6.07) is 5.87. The molecule has 1 spiro atoms. The minimum Gasteiger partial charge on any atom is -0.356 e. The number of pyridine rings is 2. The highest BCUT2D eigenvalue weighted by Crippen LogP contribution is 2.41. The summed E-state index contributed by atoms with van der Waals surface area (Å²) in [5, 5.41) is 1.04. The number of likely N-dealkylation sites (tertiary alicyclic amines) is 1. The second-order valence-electron chi connectivity index (χ2n) is 8.20. The van der Waals surface area contributed by atoms with Gasteiger partial charge >= 0.3 is 0 Å². The first-order valence-electron chi connectivity index (χ1n) is 10.3. The van der Waals surface area contributed by atoms with Crippen molar-refractivity contribution in [3.05, 3.63) is 43.0 Å². The molecule has 0 aliphatic carbocycles. The van der Waals surface area contributed by atoms with Gasteiger partial charge in [0.1, 0.15) is 12.5 Å². The topological polar surface area (TPSA) is 58.0 Å². The van der Waals surface area contributed by atoms with Gasteiger partial charge in [0.15, 0.2) is 5.82 Å². The Hall–Kier alpha value is -2.67. The molecular formula is C22H25FN6. The number of nitrogens with zero attached hydrogens (tertiary/aromatic N) is 6. The monoisotopic (exact) mass is 392 g/mol. The molecule has 0 saturated carbocycles. The van der Waals surface area contributed by atoms with Crippen molar-refractivity contribution in [3.8, 4) is 11.4 Å². The molecule has 2 saturated heterocycles. The van der Waals surface area contributed by atoms with E-state index in [1.54, 1.807) is 18.6 Å². The highest BCUT2D eigenvalue weighted by Gasteiger charge is 2.40. The van der Waals surface area contributed by atoms with Gasteiger partial charge in [-0.1, -0.05) is 0 Å². The summed E-state index contributed by atoms with van der Waals surface area (Å²) in [5.41, 5.74) is 2.15. The van der Waals surface area contributed by atoms with Crippen molar-refractivity contribution in [2.75, 3.05) is 44.3 Å². The van der Waals surface area contributed by atoms with Gasteiger partial charge in [-0.3, -0.25) is 9.97 Å². The average molecular weight is 392 g/mol. The molecule has 0 radical (unpaired) electrons. The van der Waals surface area contributed by atoms with Crippen LogP contribution in [0.4, 0.5) is 10.2 Å². The third kappa shape index (κ3) is 3.55. The lowest BCUT2D eigenvalue weighted by Gasteiger charge is -2.40. The lowest BCUT2D eigenvalue weighted by atomic mass is 9.78. The maximum absolute atomic E-state index is 12.7. The first kappa shape index (κ1) is 18.4. The number of alkyl halides is 1. The summed E-state index contributed by atoms with van der Waals surface area (Å²) in [6.45, 7) is 4.31. The fourth-order valence-electron chi connectivity index (χ4n) is 4.77. The normalized spacial score (nSPS) is 19.3. The van der Waals surface area contributed by atoms with Crippen molar-refractivity contribution in [2.45, 2.75) is 19.3 Å². The number of piperidine rings is 1. The van der Waals surface area contributed by atoms with E-state index in [2.05, 4.69) is 19.8 Å². The number of aromatic nitrogens is 4. The fraction of sp³-hybridized carbons (Fsp3) is 0.455. The van der Waals surface area contributed by atoms with E-state index in [1.165, 1.54) is 6.42 Å². The molecular weight excluding hydrogens is 367 g/mol. The lowest BCUT2D eigenvalue weighted by molar-refractivity contribution is 0.202. The first-order valence-corrected chi connectivity index (χ1v) is 10.3. The third-order valence-corrected chi connectivity index (χ3v) is 6.46. The Morgan fingerprint density at radius 2 is 1.69 bits per heavy atom. The van der Waals surface area contributed by atoms with E-state index in [9.17, 15) is 4.39 Å². The van der Waals surface area contributed by atoms with Crippen LogP contribution in [0.3, 0.4) is 0 Å². The molecule has 7 heteroatoms. The molecule has 0 bridgehead atoms. The number of hydrogen-bond donors (Lipinski definition) is 0. The molecule has 0 aromatic carbocycles. The van der Waals surface area contributed by atoms with Crippen molar-refractivity contribution in [3.63, 3.8) is 0 Å². The van der Waals surface area contributed by atoms with Gasteiger partial charge in [0.2, 0.25) is 0 Å². The summed E-state index contributed by atoms with van der Waals surface area (Å²) in [4.78, 5) is 22.7. The number of hydrogen-bond acceptors (Lipinski definition) is 6. The van der Waals surface area contributed by atoms with Crippen LogP contribution in [0.15, 0.2) is 43.0 Å². The fourth-order valence-corrected chi connectivity index (χ4v) is 4.77. The Bertz CT molecular complexity index is 987. The maximum Gasteiger partial charge on any atom is 0.162 e. The molecule has 2 aliphatic rings. The van der Waals surface area contributed by atoms with E-state index >= 15 is 0 Å². The minimum atomic E-state index is -0.249. The molecule has 0 amide bonds. The van der Waals surface area contributed by atoms with E-state index in [0.29, 0.717) is 17.8 Å². The summed E-state index contributed by atoms with van der Waals surface area (Å²) >= 11 is 0. The Balaban J connectivity index is 1.43. The quantitative estimate of drug-likeness (QED) is 0.679. The number of halogens is 1. The van der Waals surface area contributed by atoms with Crippen LogP contribution in [0.25, 0.3) is 22.3 Å². The smallest absolute Gasteiger partial charge is 0.162 e. The summed E-state index contributed by atoms with van der Waals surface area (Å²) in [7, 11) is 0. The van der Waals surface area contributed by atoms with Gasteiger partial charge < -0.3 is 9.80 Å². The molecule has 0 atom stereocenters. The highest BCUT2D eigenvalue weighted by atomic mass is 19.1. The zero-order valence-electron chi connectivity index (χ0n) is 16.5. The van der Waals surface area contributed by atoms with Crippen LogP contribution in [0.1, 0.15) is 19.3 Å². The van der Waals surface area contributed by atoms with Crippen molar-refractivity contribution in [1.29, 1.82) is 0 Å². The van der Waals surface area contributed by atoms with Crippen LogP contribution < -0.4 is 4.90 Å². The van der Waals surface area contributed by atoms with Crippen LogP contribution in [-0.4, -0.2) is 64.2 Å². The molecule has 0 unspecified atom stereocenters. The summed E-state index contributed by atoms with van der Waals surface area (Å²) < 4.78 is 12.7.